The van der Waals surface area contributed by atoms with Crippen molar-refractivity contribution < 1.29 is 4.74 Å². The Morgan fingerprint density at radius 1 is 1.33 bits per heavy atom. The number of hydrogen-bond donors (Lipinski definition) is 0. The number of benzene rings is 1. The molecule has 1 heterocycles. The summed E-state index contributed by atoms with van der Waals surface area (Å²) in [6.45, 7) is 0. The van der Waals surface area contributed by atoms with Crippen LogP contribution in [-0.2, 0) is 4.74 Å². The second kappa shape index (κ2) is 5.11. The molecule has 2 aromatic rings. The maximum Gasteiger partial charge on any atom is 0.122 e. The van der Waals surface area contributed by atoms with Gasteiger partial charge in [-0.15, -0.1) is 11.3 Å². The van der Waals surface area contributed by atoms with Gasteiger partial charge in [0.05, 0.1) is 5.69 Å². The summed E-state index contributed by atoms with van der Waals surface area (Å²) in [6.07, 6.45) is 2.73. The van der Waals surface area contributed by atoms with E-state index in [0.717, 1.165) is 20.7 Å². The highest BCUT2D eigenvalue weighted by molar-refractivity contribution is 9.10. The van der Waals surface area contributed by atoms with Gasteiger partial charge in [-0.05, 0) is 30.9 Å². The van der Waals surface area contributed by atoms with Gasteiger partial charge in [-0.3, -0.25) is 0 Å². The van der Waals surface area contributed by atoms with Crippen LogP contribution in [0, 0.1) is 5.92 Å². The van der Waals surface area contributed by atoms with E-state index in [0.29, 0.717) is 5.92 Å². The van der Waals surface area contributed by atoms with Gasteiger partial charge in [-0.2, -0.15) is 0 Å². The lowest BCUT2D eigenvalue weighted by Gasteiger charge is -2.10. The van der Waals surface area contributed by atoms with Crippen LogP contribution in [0.3, 0.4) is 0 Å². The highest BCUT2D eigenvalue weighted by Crippen LogP contribution is 2.44. The first kappa shape index (κ1) is 12.3. The predicted octanol–water partition coefficient (Wildman–Crippen LogP) is 4.67. The summed E-state index contributed by atoms with van der Waals surface area (Å²) in [6, 6.07) is 8.26. The topological polar surface area (TPSA) is 22.1 Å². The molecule has 1 aromatic heterocycles. The Hall–Kier alpha value is -0.710. The van der Waals surface area contributed by atoms with Gasteiger partial charge >= 0.3 is 0 Å². The summed E-state index contributed by atoms with van der Waals surface area (Å²) in [5, 5.41) is 3.23. The van der Waals surface area contributed by atoms with Crippen LogP contribution >= 0.6 is 27.3 Å². The third-order valence-corrected chi connectivity index (χ3v) is 4.64. The molecule has 1 atom stereocenters. The van der Waals surface area contributed by atoms with E-state index in [2.05, 4.69) is 33.4 Å². The molecule has 4 heteroatoms. The van der Waals surface area contributed by atoms with Crippen LogP contribution in [0.1, 0.15) is 24.0 Å². The molecule has 0 bridgehead atoms. The zero-order valence-electron chi connectivity index (χ0n) is 10.1. The fourth-order valence-corrected chi connectivity index (χ4v) is 3.32. The third-order valence-electron chi connectivity index (χ3n) is 3.21. The molecule has 0 saturated heterocycles. The molecule has 0 amide bonds. The molecule has 1 saturated carbocycles. The smallest absolute Gasteiger partial charge is 0.122 e. The van der Waals surface area contributed by atoms with Crippen molar-refractivity contribution in [3.8, 4) is 11.3 Å². The van der Waals surface area contributed by atoms with E-state index in [-0.39, 0.29) is 6.10 Å². The number of nitrogens with zero attached hydrogens (tertiary/aromatic N) is 1. The minimum Gasteiger partial charge on any atom is -0.374 e. The molecule has 2 nitrogen and oxygen atoms in total. The standard InChI is InChI=1S/C14H14BrNOS/c1-17-13(10-2-3-10)14-16-12(8-18-14)9-4-6-11(15)7-5-9/h4-8,10,13H,2-3H2,1H3. The van der Waals surface area contributed by atoms with Gasteiger partial charge in [-0.1, -0.05) is 28.1 Å². The van der Waals surface area contributed by atoms with Gasteiger partial charge < -0.3 is 4.74 Å². The van der Waals surface area contributed by atoms with E-state index < -0.39 is 0 Å². The average molecular weight is 324 g/mol. The summed E-state index contributed by atoms with van der Waals surface area (Å²) >= 11 is 5.15. The molecule has 1 fully saturated rings. The van der Waals surface area contributed by atoms with Gasteiger partial charge in [-0.25, -0.2) is 4.98 Å². The Balaban J connectivity index is 1.86. The molecular formula is C14H14BrNOS. The summed E-state index contributed by atoms with van der Waals surface area (Å²) < 4.78 is 6.66. The van der Waals surface area contributed by atoms with Gasteiger partial charge in [0.25, 0.3) is 0 Å². The van der Waals surface area contributed by atoms with E-state index in [1.807, 2.05) is 12.1 Å². The molecule has 1 aromatic carbocycles. The van der Waals surface area contributed by atoms with Crippen molar-refractivity contribution >= 4 is 27.3 Å². The van der Waals surface area contributed by atoms with E-state index in [1.54, 1.807) is 18.4 Å². The molecule has 3 rings (SSSR count). The second-order valence-electron chi connectivity index (χ2n) is 4.57. The Morgan fingerprint density at radius 3 is 2.67 bits per heavy atom. The molecule has 0 radical (unpaired) electrons. The van der Waals surface area contributed by atoms with Gasteiger partial charge in [0.15, 0.2) is 0 Å². The summed E-state index contributed by atoms with van der Waals surface area (Å²) in [5.74, 6) is 0.680. The van der Waals surface area contributed by atoms with Crippen molar-refractivity contribution in [2.45, 2.75) is 18.9 Å². The highest BCUT2D eigenvalue weighted by Gasteiger charge is 2.34. The average Bonchev–Trinajstić information content (AvgIpc) is 3.09. The lowest BCUT2D eigenvalue weighted by molar-refractivity contribution is 0.0844. The van der Waals surface area contributed by atoms with Crippen LogP contribution in [0.25, 0.3) is 11.3 Å². The van der Waals surface area contributed by atoms with Gasteiger partial charge in [0.1, 0.15) is 11.1 Å². The summed E-state index contributed by atoms with van der Waals surface area (Å²) in [4.78, 5) is 4.72. The summed E-state index contributed by atoms with van der Waals surface area (Å²) in [5.41, 5.74) is 2.21. The molecule has 94 valence electrons. The van der Waals surface area contributed by atoms with Crippen LogP contribution in [0.5, 0.6) is 0 Å². The van der Waals surface area contributed by atoms with Crippen molar-refractivity contribution in [3.63, 3.8) is 0 Å². The van der Waals surface area contributed by atoms with Crippen molar-refractivity contribution in [3.05, 3.63) is 39.1 Å². The van der Waals surface area contributed by atoms with Crippen LogP contribution in [0.4, 0.5) is 0 Å². The zero-order chi connectivity index (χ0) is 12.5. The predicted molar refractivity (Wildman–Crippen MR) is 77.7 cm³/mol. The normalized spacial score (nSPS) is 16.8. The first-order chi connectivity index (χ1) is 8.78. The van der Waals surface area contributed by atoms with E-state index in [1.165, 1.54) is 12.8 Å². The fraction of sp³-hybridized carbons (Fsp3) is 0.357. The van der Waals surface area contributed by atoms with Crippen LogP contribution in [0.15, 0.2) is 34.1 Å². The van der Waals surface area contributed by atoms with Gasteiger partial charge in [0.2, 0.25) is 0 Å². The maximum absolute atomic E-state index is 5.57. The molecule has 0 spiro atoms. The molecule has 18 heavy (non-hydrogen) atoms. The molecule has 1 aliphatic rings. The highest BCUT2D eigenvalue weighted by atomic mass is 79.9. The van der Waals surface area contributed by atoms with Crippen LogP contribution < -0.4 is 0 Å². The molecule has 0 aliphatic heterocycles. The Labute approximate surface area is 119 Å². The summed E-state index contributed by atoms with van der Waals surface area (Å²) in [7, 11) is 1.78. The number of rotatable bonds is 4. The first-order valence-corrected chi connectivity index (χ1v) is 7.69. The first-order valence-electron chi connectivity index (χ1n) is 6.02. The molecule has 1 unspecified atom stereocenters. The SMILES string of the molecule is COC(c1nc(-c2ccc(Br)cc2)cs1)C1CC1. The van der Waals surface area contributed by atoms with E-state index >= 15 is 0 Å². The van der Waals surface area contributed by atoms with E-state index in [9.17, 15) is 0 Å². The minimum absolute atomic E-state index is 0.194. The van der Waals surface area contributed by atoms with Crippen LogP contribution in [-0.4, -0.2) is 12.1 Å². The van der Waals surface area contributed by atoms with Crippen molar-refractivity contribution in [2.24, 2.45) is 5.92 Å². The fourth-order valence-electron chi connectivity index (χ4n) is 2.07. The number of ether oxygens (including phenoxy) is 1. The Kier molecular flexibility index (Phi) is 3.50. The van der Waals surface area contributed by atoms with Crippen molar-refractivity contribution in [1.29, 1.82) is 0 Å². The lowest BCUT2D eigenvalue weighted by atomic mass is 10.2. The van der Waals surface area contributed by atoms with Crippen molar-refractivity contribution in [1.82, 2.24) is 4.98 Å². The quantitative estimate of drug-likeness (QED) is 0.815. The zero-order valence-corrected chi connectivity index (χ0v) is 12.5. The van der Waals surface area contributed by atoms with Crippen LogP contribution in [0.2, 0.25) is 0 Å². The second-order valence-corrected chi connectivity index (χ2v) is 6.38. The Morgan fingerprint density at radius 2 is 2.06 bits per heavy atom. The molecule has 1 aliphatic carbocycles. The molecular weight excluding hydrogens is 310 g/mol. The number of aromatic nitrogens is 1. The Bertz CT molecular complexity index is 533. The maximum atomic E-state index is 5.57. The largest absolute Gasteiger partial charge is 0.374 e. The number of methoxy groups -OCH3 is 1. The number of hydrogen-bond acceptors (Lipinski definition) is 3. The minimum atomic E-state index is 0.194. The monoisotopic (exact) mass is 323 g/mol. The van der Waals surface area contributed by atoms with E-state index in [4.69, 9.17) is 9.72 Å². The third kappa shape index (κ3) is 2.51. The number of halogens is 1. The van der Waals surface area contributed by atoms with Crippen molar-refractivity contribution in [2.75, 3.05) is 7.11 Å². The molecule has 0 N–H and O–H groups in total. The van der Waals surface area contributed by atoms with Gasteiger partial charge in [0, 0.05) is 22.5 Å². The number of thiazole rings is 1. The lowest BCUT2D eigenvalue weighted by Crippen LogP contribution is -2.02.